The molecule has 2 rings (SSSR count). The lowest BCUT2D eigenvalue weighted by Gasteiger charge is -2.21. The molecule has 1 aliphatic heterocycles. The molecule has 2 heterocycles. The minimum atomic E-state index is 0.383. The van der Waals surface area contributed by atoms with E-state index >= 15 is 0 Å². The van der Waals surface area contributed by atoms with E-state index in [2.05, 4.69) is 24.1 Å². The van der Waals surface area contributed by atoms with Gasteiger partial charge < -0.3 is 5.32 Å². The molecule has 0 fully saturated rings. The minimum absolute atomic E-state index is 0.383. The maximum absolute atomic E-state index is 7.87. The van der Waals surface area contributed by atoms with Crippen molar-refractivity contribution in [3.05, 3.63) is 17.2 Å². The minimum Gasteiger partial charge on any atom is -0.356 e. The average Bonchev–Trinajstić information content (AvgIpc) is 2.17. The van der Waals surface area contributed by atoms with Crippen LogP contribution in [0.1, 0.15) is 31.9 Å². The van der Waals surface area contributed by atoms with Crippen LogP contribution in [0, 0.1) is 5.41 Å². The smallest absolute Gasteiger partial charge is 0.204 e. The molecule has 14 heavy (non-hydrogen) atoms. The Morgan fingerprint density at radius 3 is 3.07 bits per heavy atom. The predicted molar refractivity (Wildman–Crippen MR) is 55.3 cm³/mol. The fourth-order valence-corrected chi connectivity index (χ4v) is 1.64. The molecule has 1 aromatic heterocycles. The van der Waals surface area contributed by atoms with Crippen LogP contribution in [0.5, 0.6) is 0 Å². The standard InChI is InChI=1S/C10H16N4/c1-7(2)8-6-9(11)14-5-3-4-12-10(14)13-8/h6-7,11H,3-5H2,1-2H3,(H,12,13). The van der Waals surface area contributed by atoms with Gasteiger partial charge in [0.15, 0.2) is 0 Å². The van der Waals surface area contributed by atoms with Gasteiger partial charge in [-0.15, -0.1) is 0 Å². The van der Waals surface area contributed by atoms with Crippen molar-refractivity contribution < 1.29 is 0 Å². The number of fused-ring (bicyclic) bond motifs is 1. The molecule has 0 spiro atoms. The fourth-order valence-electron chi connectivity index (χ4n) is 1.64. The Balaban J connectivity index is 2.52. The van der Waals surface area contributed by atoms with Crippen molar-refractivity contribution in [2.45, 2.75) is 32.7 Å². The van der Waals surface area contributed by atoms with Crippen molar-refractivity contribution in [2.75, 3.05) is 11.9 Å². The van der Waals surface area contributed by atoms with E-state index in [9.17, 15) is 0 Å². The van der Waals surface area contributed by atoms with E-state index in [1.54, 1.807) is 0 Å². The zero-order valence-electron chi connectivity index (χ0n) is 8.67. The highest BCUT2D eigenvalue weighted by Crippen LogP contribution is 2.14. The van der Waals surface area contributed by atoms with E-state index < -0.39 is 0 Å². The number of anilines is 1. The van der Waals surface area contributed by atoms with Gasteiger partial charge in [-0.3, -0.25) is 9.98 Å². The summed E-state index contributed by atoms with van der Waals surface area (Å²) in [5, 5.41) is 11.1. The number of hydrogen-bond acceptors (Lipinski definition) is 3. The maximum Gasteiger partial charge on any atom is 0.204 e. The lowest BCUT2D eigenvalue weighted by molar-refractivity contribution is 0.576. The van der Waals surface area contributed by atoms with Crippen LogP contribution in [0.3, 0.4) is 0 Å². The summed E-state index contributed by atoms with van der Waals surface area (Å²) in [5.74, 6) is 1.24. The zero-order valence-corrected chi connectivity index (χ0v) is 8.67. The third kappa shape index (κ3) is 1.52. The molecule has 0 amide bonds. The molecule has 0 aliphatic carbocycles. The summed E-state index contributed by atoms with van der Waals surface area (Å²) in [6.07, 6.45) is 1.08. The van der Waals surface area contributed by atoms with E-state index in [1.807, 2.05) is 10.6 Å². The van der Waals surface area contributed by atoms with Crippen molar-refractivity contribution in [1.29, 1.82) is 5.41 Å². The molecule has 0 saturated heterocycles. The summed E-state index contributed by atoms with van der Waals surface area (Å²) in [4.78, 5) is 4.51. The van der Waals surface area contributed by atoms with Gasteiger partial charge in [-0.2, -0.15) is 0 Å². The Kier molecular flexibility index (Phi) is 2.27. The topological polar surface area (TPSA) is 53.7 Å². The lowest BCUT2D eigenvalue weighted by atomic mass is 10.1. The third-order valence-electron chi connectivity index (χ3n) is 2.50. The van der Waals surface area contributed by atoms with Crippen LogP contribution in [-0.4, -0.2) is 16.1 Å². The van der Waals surface area contributed by atoms with Gasteiger partial charge in [-0.25, -0.2) is 4.98 Å². The molecular formula is C10H16N4. The van der Waals surface area contributed by atoms with E-state index in [0.29, 0.717) is 11.4 Å². The number of nitrogens with one attached hydrogen (secondary N) is 2. The largest absolute Gasteiger partial charge is 0.356 e. The van der Waals surface area contributed by atoms with Gasteiger partial charge in [0, 0.05) is 19.2 Å². The second kappa shape index (κ2) is 3.44. The first kappa shape index (κ1) is 9.24. The van der Waals surface area contributed by atoms with Crippen LogP contribution >= 0.6 is 0 Å². The number of rotatable bonds is 1. The van der Waals surface area contributed by atoms with Gasteiger partial charge in [0.1, 0.15) is 5.49 Å². The van der Waals surface area contributed by atoms with Crippen molar-refractivity contribution in [2.24, 2.45) is 0 Å². The van der Waals surface area contributed by atoms with Gasteiger partial charge in [0.05, 0.1) is 5.69 Å². The molecule has 76 valence electrons. The third-order valence-corrected chi connectivity index (χ3v) is 2.50. The first-order chi connectivity index (χ1) is 6.68. The summed E-state index contributed by atoms with van der Waals surface area (Å²) < 4.78 is 1.93. The number of nitrogens with zero attached hydrogens (tertiary/aromatic N) is 2. The highest BCUT2D eigenvalue weighted by atomic mass is 15.2. The second-order valence-corrected chi connectivity index (χ2v) is 3.98. The molecule has 0 atom stereocenters. The van der Waals surface area contributed by atoms with Gasteiger partial charge in [0.2, 0.25) is 5.95 Å². The number of aromatic nitrogens is 2. The average molecular weight is 192 g/mol. The van der Waals surface area contributed by atoms with Crippen LogP contribution in [0.4, 0.5) is 5.95 Å². The van der Waals surface area contributed by atoms with Crippen molar-refractivity contribution >= 4 is 5.95 Å². The van der Waals surface area contributed by atoms with Crippen LogP contribution in [0.15, 0.2) is 6.07 Å². The quantitative estimate of drug-likeness (QED) is 0.704. The molecule has 4 heteroatoms. The SMILES string of the molecule is CC(C)c1cc(=N)n2c(n1)NCCC2. The number of hydrogen-bond donors (Lipinski definition) is 2. The van der Waals surface area contributed by atoms with E-state index in [-0.39, 0.29) is 0 Å². The van der Waals surface area contributed by atoms with Crippen molar-refractivity contribution in [3.63, 3.8) is 0 Å². The monoisotopic (exact) mass is 192 g/mol. The molecule has 0 radical (unpaired) electrons. The Bertz CT molecular complexity index is 392. The molecule has 0 unspecified atom stereocenters. The predicted octanol–water partition coefficient (Wildman–Crippen LogP) is 1.30. The fraction of sp³-hybridized carbons (Fsp3) is 0.600. The van der Waals surface area contributed by atoms with Gasteiger partial charge >= 0.3 is 0 Å². The van der Waals surface area contributed by atoms with Crippen LogP contribution in [-0.2, 0) is 6.54 Å². The zero-order chi connectivity index (χ0) is 10.1. The van der Waals surface area contributed by atoms with Crippen LogP contribution in [0.2, 0.25) is 0 Å². The van der Waals surface area contributed by atoms with Gasteiger partial charge in [-0.1, -0.05) is 13.8 Å². The van der Waals surface area contributed by atoms with E-state index in [4.69, 9.17) is 5.41 Å². The Morgan fingerprint density at radius 2 is 2.36 bits per heavy atom. The van der Waals surface area contributed by atoms with Crippen molar-refractivity contribution in [1.82, 2.24) is 9.55 Å². The first-order valence-electron chi connectivity index (χ1n) is 5.08. The van der Waals surface area contributed by atoms with Crippen molar-refractivity contribution in [3.8, 4) is 0 Å². The van der Waals surface area contributed by atoms with Gasteiger partial charge in [-0.05, 0) is 12.3 Å². The summed E-state index contributed by atoms with van der Waals surface area (Å²) in [6, 6.07) is 1.86. The molecular weight excluding hydrogens is 176 g/mol. The lowest BCUT2D eigenvalue weighted by Crippen LogP contribution is -2.30. The van der Waals surface area contributed by atoms with Gasteiger partial charge in [0.25, 0.3) is 0 Å². The molecule has 0 bridgehead atoms. The van der Waals surface area contributed by atoms with E-state index in [1.165, 1.54) is 0 Å². The van der Waals surface area contributed by atoms with Crippen LogP contribution in [0.25, 0.3) is 0 Å². The summed E-state index contributed by atoms with van der Waals surface area (Å²) in [5.41, 5.74) is 1.56. The highest BCUT2D eigenvalue weighted by molar-refractivity contribution is 5.29. The van der Waals surface area contributed by atoms with E-state index in [0.717, 1.165) is 31.2 Å². The normalized spacial score (nSPS) is 15.1. The molecule has 1 aliphatic rings. The summed E-state index contributed by atoms with van der Waals surface area (Å²) >= 11 is 0. The Morgan fingerprint density at radius 1 is 1.57 bits per heavy atom. The molecule has 2 N–H and O–H groups in total. The summed E-state index contributed by atoms with van der Waals surface area (Å²) in [7, 11) is 0. The molecule has 0 aromatic carbocycles. The summed E-state index contributed by atoms with van der Waals surface area (Å²) in [6.45, 7) is 6.07. The maximum atomic E-state index is 7.87. The Hall–Kier alpha value is -1.32. The molecule has 0 saturated carbocycles. The Labute approximate surface area is 83.5 Å². The second-order valence-electron chi connectivity index (χ2n) is 3.98. The highest BCUT2D eigenvalue weighted by Gasteiger charge is 2.11. The first-order valence-corrected chi connectivity index (χ1v) is 5.08. The van der Waals surface area contributed by atoms with Crippen LogP contribution < -0.4 is 10.8 Å². The molecule has 1 aromatic rings. The molecule has 4 nitrogen and oxygen atoms in total.